The van der Waals surface area contributed by atoms with E-state index in [9.17, 15) is 14.4 Å². The number of rotatable bonds is 2. The molecule has 24 heavy (non-hydrogen) atoms. The zero-order valence-corrected chi connectivity index (χ0v) is 13.3. The number of amides is 4. The van der Waals surface area contributed by atoms with Gasteiger partial charge in [-0.1, -0.05) is 18.2 Å². The van der Waals surface area contributed by atoms with E-state index in [1.54, 1.807) is 4.90 Å². The molecule has 0 bridgehead atoms. The van der Waals surface area contributed by atoms with Crippen molar-refractivity contribution in [2.45, 2.75) is 37.8 Å². The van der Waals surface area contributed by atoms with Crippen LogP contribution in [0.4, 0.5) is 10.5 Å². The Morgan fingerprint density at radius 1 is 1.17 bits per heavy atom. The number of para-hydroxylation sites is 1. The number of anilines is 1. The lowest BCUT2D eigenvalue weighted by Crippen LogP contribution is -2.49. The summed E-state index contributed by atoms with van der Waals surface area (Å²) >= 11 is 0. The first-order valence-corrected chi connectivity index (χ1v) is 8.35. The molecule has 7 heteroatoms. The van der Waals surface area contributed by atoms with Crippen molar-refractivity contribution in [2.24, 2.45) is 0 Å². The SMILES string of the molecule is O=C1Nc2ccccc2CCC1NC(=O)N1CC(=O)N(C2CC2)C1. The largest absolute Gasteiger partial charge is 0.326 e. The summed E-state index contributed by atoms with van der Waals surface area (Å²) in [6.45, 7) is 0.417. The van der Waals surface area contributed by atoms with Gasteiger partial charge >= 0.3 is 6.03 Å². The molecule has 0 spiro atoms. The minimum absolute atomic E-state index is 0.00891. The lowest BCUT2D eigenvalue weighted by Gasteiger charge is -2.21. The van der Waals surface area contributed by atoms with Crippen LogP contribution < -0.4 is 10.6 Å². The van der Waals surface area contributed by atoms with Gasteiger partial charge in [-0.2, -0.15) is 0 Å². The highest BCUT2D eigenvalue weighted by Crippen LogP contribution is 2.29. The topological polar surface area (TPSA) is 81.8 Å². The molecule has 1 saturated heterocycles. The first-order valence-electron chi connectivity index (χ1n) is 8.35. The molecule has 4 amide bonds. The number of carbonyl (C=O) groups is 3. The first-order chi connectivity index (χ1) is 11.6. The second kappa shape index (κ2) is 5.81. The number of hydrogen-bond donors (Lipinski definition) is 2. The third-order valence-electron chi connectivity index (χ3n) is 4.84. The van der Waals surface area contributed by atoms with Crippen LogP contribution in [0.15, 0.2) is 24.3 Å². The highest BCUT2D eigenvalue weighted by Gasteiger charge is 2.40. The molecule has 1 aromatic carbocycles. The second-order valence-corrected chi connectivity index (χ2v) is 6.62. The van der Waals surface area contributed by atoms with Crippen molar-refractivity contribution in [3.8, 4) is 0 Å². The van der Waals surface area contributed by atoms with Gasteiger partial charge in [0.1, 0.15) is 12.6 Å². The van der Waals surface area contributed by atoms with Crippen LogP contribution in [0.2, 0.25) is 0 Å². The normalized spacial score (nSPS) is 23.6. The van der Waals surface area contributed by atoms with Crippen LogP contribution in [0, 0.1) is 0 Å². The molecular formula is C17H20N4O3. The van der Waals surface area contributed by atoms with E-state index in [0.717, 1.165) is 24.1 Å². The molecule has 4 rings (SSSR count). The predicted molar refractivity (Wildman–Crippen MR) is 87.2 cm³/mol. The van der Waals surface area contributed by atoms with Gasteiger partial charge in [0.2, 0.25) is 11.8 Å². The van der Waals surface area contributed by atoms with E-state index >= 15 is 0 Å². The number of hydrogen-bond acceptors (Lipinski definition) is 3. The zero-order valence-electron chi connectivity index (χ0n) is 13.3. The number of fused-ring (bicyclic) bond motifs is 1. The summed E-state index contributed by atoms with van der Waals surface area (Å²) < 4.78 is 0. The molecule has 1 atom stereocenters. The van der Waals surface area contributed by atoms with Gasteiger partial charge in [0.15, 0.2) is 0 Å². The molecule has 1 saturated carbocycles. The number of aryl methyl sites for hydroxylation is 1. The monoisotopic (exact) mass is 328 g/mol. The summed E-state index contributed by atoms with van der Waals surface area (Å²) in [6, 6.07) is 7.02. The number of urea groups is 1. The van der Waals surface area contributed by atoms with Crippen LogP contribution in [0.1, 0.15) is 24.8 Å². The molecule has 0 aromatic heterocycles. The fraction of sp³-hybridized carbons (Fsp3) is 0.471. The maximum absolute atomic E-state index is 12.4. The number of nitrogens with one attached hydrogen (secondary N) is 2. The van der Waals surface area contributed by atoms with Gasteiger partial charge in [0.25, 0.3) is 0 Å². The van der Waals surface area contributed by atoms with Crippen LogP contribution >= 0.6 is 0 Å². The maximum Gasteiger partial charge on any atom is 0.319 e. The fourth-order valence-corrected chi connectivity index (χ4v) is 3.30. The van der Waals surface area contributed by atoms with Crippen molar-refractivity contribution >= 4 is 23.5 Å². The lowest BCUT2D eigenvalue weighted by molar-refractivity contribution is -0.127. The Morgan fingerprint density at radius 3 is 2.75 bits per heavy atom. The zero-order chi connectivity index (χ0) is 16.7. The maximum atomic E-state index is 12.4. The van der Waals surface area contributed by atoms with Crippen molar-refractivity contribution in [1.82, 2.24) is 15.1 Å². The van der Waals surface area contributed by atoms with Crippen molar-refractivity contribution in [3.05, 3.63) is 29.8 Å². The third kappa shape index (κ3) is 2.81. The Kier molecular flexibility index (Phi) is 3.63. The summed E-state index contributed by atoms with van der Waals surface area (Å²) in [5.41, 5.74) is 1.87. The van der Waals surface area contributed by atoms with E-state index in [2.05, 4.69) is 10.6 Å². The molecule has 1 aromatic rings. The van der Waals surface area contributed by atoms with Crippen LogP contribution in [-0.2, 0) is 16.0 Å². The average molecular weight is 328 g/mol. The number of benzene rings is 1. The highest BCUT2D eigenvalue weighted by atomic mass is 16.2. The van der Waals surface area contributed by atoms with Crippen LogP contribution in [-0.4, -0.2) is 52.9 Å². The van der Waals surface area contributed by atoms with E-state index in [0.29, 0.717) is 25.6 Å². The Balaban J connectivity index is 1.39. The molecular weight excluding hydrogens is 308 g/mol. The van der Waals surface area contributed by atoms with Crippen molar-refractivity contribution in [1.29, 1.82) is 0 Å². The van der Waals surface area contributed by atoms with Crippen molar-refractivity contribution in [2.75, 3.05) is 18.5 Å². The van der Waals surface area contributed by atoms with Crippen LogP contribution in [0.25, 0.3) is 0 Å². The summed E-state index contributed by atoms with van der Waals surface area (Å²) in [5.74, 6) is -0.219. The Labute approximate surface area is 140 Å². The molecule has 2 aliphatic heterocycles. The average Bonchev–Trinajstić information content (AvgIpc) is 3.35. The molecule has 126 valence electrons. The minimum Gasteiger partial charge on any atom is -0.326 e. The number of carbonyl (C=O) groups excluding carboxylic acids is 3. The van der Waals surface area contributed by atoms with Crippen molar-refractivity contribution in [3.63, 3.8) is 0 Å². The van der Waals surface area contributed by atoms with E-state index in [-0.39, 0.29) is 24.4 Å². The van der Waals surface area contributed by atoms with Crippen molar-refractivity contribution < 1.29 is 14.4 Å². The van der Waals surface area contributed by atoms with Crippen LogP contribution in [0.3, 0.4) is 0 Å². The van der Waals surface area contributed by atoms with Gasteiger partial charge in [-0.15, -0.1) is 0 Å². The van der Waals surface area contributed by atoms with Gasteiger partial charge in [-0.05, 0) is 37.3 Å². The predicted octanol–water partition coefficient (Wildman–Crippen LogP) is 0.914. The standard InChI is InChI=1S/C17H20N4O3/c22-15-9-20(10-21(15)12-6-7-12)17(24)19-14-8-5-11-3-1-2-4-13(11)18-16(14)23/h1-4,12,14H,5-10H2,(H,18,23)(H,19,24). The summed E-state index contributed by atoms with van der Waals surface area (Å²) in [4.78, 5) is 40.0. The fourth-order valence-electron chi connectivity index (χ4n) is 3.30. The molecule has 0 radical (unpaired) electrons. The Morgan fingerprint density at radius 2 is 1.96 bits per heavy atom. The Hall–Kier alpha value is -2.57. The molecule has 2 heterocycles. The minimum atomic E-state index is -0.588. The van der Waals surface area contributed by atoms with Gasteiger partial charge < -0.3 is 15.5 Å². The summed E-state index contributed by atoms with van der Waals surface area (Å²) in [7, 11) is 0. The quantitative estimate of drug-likeness (QED) is 0.847. The van der Waals surface area contributed by atoms with Gasteiger partial charge in [0.05, 0.1) is 6.67 Å². The molecule has 7 nitrogen and oxygen atoms in total. The molecule has 1 unspecified atom stereocenters. The first kappa shape index (κ1) is 15.0. The molecule has 2 N–H and O–H groups in total. The van der Waals surface area contributed by atoms with E-state index in [1.807, 2.05) is 24.3 Å². The second-order valence-electron chi connectivity index (χ2n) is 6.62. The smallest absolute Gasteiger partial charge is 0.319 e. The highest BCUT2D eigenvalue weighted by molar-refractivity contribution is 5.98. The van der Waals surface area contributed by atoms with Gasteiger partial charge in [0, 0.05) is 11.7 Å². The van der Waals surface area contributed by atoms with E-state index in [1.165, 1.54) is 4.90 Å². The lowest BCUT2D eigenvalue weighted by atomic mass is 10.1. The van der Waals surface area contributed by atoms with Gasteiger partial charge in [-0.3, -0.25) is 14.5 Å². The van der Waals surface area contributed by atoms with E-state index < -0.39 is 6.04 Å². The summed E-state index contributed by atoms with van der Waals surface area (Å²) in [6.07, 6.45) is 3.30. The molecule has 2 fully saturated rings. The Bertz CT molecular complexity index is 701. The summed E-state index contributed by atoms with van der Waals surface area (Å²) in [5, 5.41) is 5.65. The molecule has 1 aliphatic carbocycles. The van der Waals surface area contributed by atoms with Crippen LogP contribution in [0.5, 0.6) is 0 Å². The van der Waals surface area contributed by atoms with E-state index in [4.69, 9.17) is 0 Å². The van der Waals surface area contributed by atoms with Gasteiger partial charge in [-0.25, -0.2) is 4.79 Å². The molecule has 3 aliphatic rings. The number of nitrogens with zero attached hydrogens (tertiary/aromatic N) is 2. The third-order valence-corrected chi connectivity index (χ3v) is 4.84.